The molecule has 1 aromatic heterocycles. The Bertz CT molecular complexity index is 924. The van der Waals surface area contributed by atoms with Gasteiger partial charge in [0.15, 0.2) is 0 Å². The molecule has 3 aromatic rings. The molecular weight excluding hydrogens is 345 g/mol. The molecule has 0 saturated carbocycles. The predicted octanol–water partition coefficient (Wildman–Crippen LogP) is 4.41. The topological polar surface area (TPSA) is 42.4 Å². The maximum absolute atomic E-state index is 12.5. The molecule has 2 aromatic carbocycles. The number of rotatable bonds is 4. The molecule has 0 fully saturated rings. The standard InChI is InChI=1S/C19H15F3N2O2/c1-24(12-13-6-9-15(10-7-13)26-19(20,21)22)18(25)17-11-8-14-4-2-3-5-16(14)23-17/h2-11H,12H2,1H3. The van der Waals surface area contributed by atoms with Gasteiger partial charge in [-0.3, -0.25) is 4.79 Å². The van der Waals surface area contributed by atoms with Crippen molar-refractivity contribution in [1.29, 1.82) is 0 Å². The van der Waals surface area contributed by atoms with E-state index in [0.29, 0.717) is 11.3 Å². The van der Waals surface area contributed by atoms with E-state index >= 15 is 0 Å². The lowest BCUT2D eigenvalue weighted by Gasteiger charge is -2.17. The van der Waals surface area contributed by atoms with Gasteiger partial charge >= 0.3 is 6.36 Å². The van der Waals surface area contributed by atoms with Gasteiger partial charge < -0.3 is 9.64 Å². The molecule has 1 heterocycles. The van der Waals surface area contributed by atoms with Gasteiger partial charge in [0.2, 0.25) is 0 Å². The molecule has 0 spiro atoms. The van der Waals surface area contributed by atoms with Crippen LogP contribution in [-0.2, 0) is 6.54 Å². The Balaban J connectivity index is 1.70. The van der Waals surface area contributed by atoms with Gasteiger partial charge in [0.25, 0.3) is 5.91 Å². The summed E-state index contributed by atoms with van der Waals surface area (Å²) in [6.45, 7) is 0.236. The molecule has 0 atom stereocenters. The van der Waals surface area contributed by atoms with E-state index in [4.69, 9.17) is 0 Å². The summed E-state index contributed by atoms with van der Waals surface area (Å²) < 4.78 is 40.4. The molecule has 4 nitrogen and oxygen atoms in total. The highest BCUT2D eigenvalue weighted by molar-refractivity contribution is 5.94. The summed E-state index contributed by atoms with van der Waals surface area (Å²) in [5, 5.41) is 0.937. The van der Waals surface area contributed by atoms with Crippen molar-refractivity contribution in [3.05, 3.63) is 71.9 Å². The first kappa shape index (κ1) is 17.7. The summed E-state index contributed by atoms with van der Waals surface area (Å²) in [5.41, 5.74) is 1.71. The number of halogens is 3. The van der Waals surface area contributed by atoms with Crippen molar-refractivity contribution in [3.8, 4) is 5.75 Å². The van der Waals surface area contributed by atoms with Crippen LogP contribution in [0.1, 0.15) is 16.1 Å². The molecule has 1 amide bonds. The number of hydrogen-bond acceptors (Lipinski definition) is 3. The lowest BCUT2D eigenvalue weighted by atomic mass is 10.2. The molecule has 0 aliphatic carbocycles. The zero-order chi connectivity index (χ0) is 18.7. The van der Waals surface area contributed by atoms with Crippen molar-refractivity contribution in [2.45, 2.75) is 12.9 Å². The van der Waals surface area contributed by atoms with E-state index in [2.05, 4.69) is 9.72 Å². The van der Waals surface area contributed by atoms with E-state index in [1.807, 2.05) is 30.3 Å². The molecule has 26 heavy (non-hydrogen) atoms. The third-order valence-electron chi connectivity index (χ3n) is 3.74. The summed E-state index contributed by atoms with van der Waals surface area (Å²) in [7, 11) is 1.61. The molecule has 0 saturated heterocycles. The van der Waals surface area contributed by atoms with Gasteiger partial charge in [0, 0.05) is 19.0 Å². The SMILES string of the molecule is CN(Cc1ccc(OC(F)(F)F)cc1)C(=O)c1ccc2ccccc2n1. The summed E-state index contributed by atoms with van der Waals surface area (Å²) in [5.74, 6) is -0.571. The Labute approximate surface area is 147 Å². The van der Waals surface area contributed by atoms with Crippen LogP contribution in [0.15, 0.2) is 60.7 Å². The lowest BCUT2D eigenvalue weighted by Crippen LogP contribution is -2.27. The third-order valence-corrected chi connectivity index (χ3v) is 3.74. The molecule has 134 valence electrons. The lowest BCUT2D eigenvalue weighted by molar-refractivity contribution is -0.274. The van der Waals surface area contributed by atoms with Crippen LogP contribution in [0.4, 0.5) is 13.2 Å². The summed E-state index contributed by atoms with van der Waals surface area (Å²) in [6, 6.07) is 16.4. The van der Waals surface area contributed by atoms with Gasteiger partial charge in [-0.15, -0.1) is 13.2 Å². The molecule has 0 N–H and O–H groups in total. The Morgan fingerprint density at radius 2 is 1.73 bits per heavy atom. The first-order chi connectivity index (χ1) is 12.3. The highest BCUT2D eigenvalue weighted by Crippen LogP contribution is 2.23. The smallest absolute Gasteiger partial charge is 0.406 e. The second-order valence-corrected chi connectivity index (χ2v) is 5.74. The Morgan fingerprint density at radius 3 is 2.42 bits per heavy atom. The average molecular weight is 360 g/mol. The number of alkyl halides is 3. The molecule has 0 aliphatic rings. The number of hydrogen-bond donors (Lipinski definition) is 0. The minimum atomic E-state index is -4.73. The van der Waals surface area contributed by atoms with Gasteiger partial charge in [-0.2, -0.15) is 0 Å². The second-order valence-electron chi connectivity index (χ2n) is 5.74. The van der Waals surface area contributed by atoms with E-state index in [1.54, 1.807) is 13.1 Å². The fourth-order valence-electron chi connectivity index (χ4n) is 2.52. The molecule has 0 radical (unpaired) electrons. The number of pyridine rings is 1. The highest BCUT2D eigenvalue weighted by Gasteiger charge is 2.31. The van der Waals surface area contributed by atoms with E-state index in [0.717, 1.165) is 10.9 Å². The highest BCUT2D eigenvalue weighted by atomic mass is 19.4. The zero-order valence-electron chi connectivity index (χ0n) is 13.8. The molecule has 0 unspecified atom stereocenters. The van der Waals surface area contributed by atoms with Crippen LogP contribution in [0.5, 0.6) is 5.75 Å². The number of ether oxygens (including phenoxy) is 1. The monoisotopic (exact) mass is 360 g/mol. The molecule has 0 bridgehead atoms. The minimum Gasteiger partial charge on any atom is -0.406 e. The number of para-hydroxylation sites is 1. The van der Waals surface area contributed by atoms with Crippen LogP contribution in [0.25, 0.3) is 10.9 Å². The van der Waals surface area contributed by atoms with Crippen LogP contribution in [0, 0.1) is 0 Å². The zero-order valence-corrected chi connectivity index (χ0v) is 13.8. The summed E-state index contributed by atoms with van der Waals surface area (Å²) in [4.78, 5) is 18.3. The van der Waals surface area contributed by atoms with Crippen LogP contribution in [-0.4, -0.2) is 29.2 Å². The minimum absolute atomic E-state index is 0.236. The first-order valence-corrected chi connectivity index (χ1v) is 7.78. The molecular formula is C19H15F3N2O2. The third kappa shape index (κ3) is 4.30. The largest absolute Gasteiger partial charge is 0.573 e. The quantitative estimate of drug-likeness (QED) is 0.692. The molecule has 7 heteroatoms. The number of fused-ring (bicyclic) bond motifs is 1. The van der Waals surface area contributed by atoms with Crippen molar-refractivity contribution in [2.24, 2.45) is 0 Å². The van der Waals surface area contributed by atoms with Crippen LogP contribution in [0.3, 0.4) is 0 Å². The maximum Gasteiger partial charge on any atom is 0.573 e. The van der Waals surface area contributed by atoms with Gasteiger partial charge in [0.05, 0.1) is 5.52 Å². The molecule has 0 aliphatic heterocycles. The van der Waals surface area contributed by atoms with Crippen molar-refractivity contribution in [3.63, 3.8) is 0 Å². The fraction of sp³-hybridized carbons (Fsp3) is 0.158. The van der Waals surface area contributed by atoms with Gasteiger partial charge in [-0.05, 0) is 29.8 Å². The van der Waals surface area contributed by atoms with Gasteiger partial charge in [-0.25, -0.2) is 4.98 Å². The van der Waals surface area contributed by atoms with Crippen LogP contribution in [0.2, 0.25) is 0 Å². The summed E-state index contributed by atoms with van der Waals surface area (Å²) >= 11 is 0. The van der Waals surface area contributed by atoms with Crippen molar-refractivity contribution >= 4 is 16.8 Å². The number of amides is 1. The predicted molar refractivity (Wildman–Crippen MR) is 90.7 cm³/mol. The summed E-state index contributed by atoms with van der Waals surface area (Å²) in [6.07, 6.45) is -4.73. The normalized spacial score (nSPS) is 11.4. The second kappa shape index (κ2) is 7.03. The van der Waals surface area contributed by atoms with E-state index < -0.39 is 6.36 Å². The number of aromatic nitrogens is 1. The fourth-order valence-corrected chi connectivity index (χ4v) is 2.52. The Kier molecular flexibility index (Phi) is 4.79. The first-order valence-electron chi connectivity index (χ1n) is 7.78. The van der Waals surface area contributed by atoms with Crippen molar-refractivity contribution in [1.82, 2.24) is 9.88 Å². The van der Waals surface area contributed by atoms with Crippen LogP contribution < -0.4 is 4.74 Å². The number of nitrogens with zero attached hydrogens (tertiary/aromatic N) is 2. The number of carbonyl (C=O) groups excluding carboxylic acids is 1. The Hall–Kier alpha value is -3.09. The number of carbonyl (C=O) groups is 1. The van der Waals surface area contributed by atoms with Crippen molar-refractivity contribution < 1.29 is 22.7 Å². The van der Waals surface area contributed by atoms with Gasteiger partial charge in [-0.1, -0.05) is 36.4 Å². The van der Waals surface area contributed by atoms with E-state index in [9.17, 15) is 18.0 Å². The molecule has 3 rings (SSSR count). The van der Waals surface area contributed by atoms with E-state index in [-0.39, 0.29) is 18.2 Å². The Morgan fingerprint density at radius 1 is 1.04 bits per heavy atom. The van der Waals surface area contributed by atoms with Crippen LogP contribution >= 0.6 is 0 Å². The number of benzene rings is 2. The maximum atomic E-state index is 12.5. The van der Waals surface area contributed by atoms with Crippen molar-refractivity contribution in [2.75, 3.05) is 7.05 Å². The van der Waals surface area contributed by atoms with E-state index in [1.165, 1.54) is 29.2 Å². The average Bonchev–Trinajstić information content (AvgIpc) is 2.61. The van der Waals surface area contributed by atoms with Gasteiger partial charge in [0.1, 0.15) is 11.4 Å².